The number of hydrogen-bond donors (Lipinski definition) is 0. The van der Waals surface area contributed by atoms with Gasteiger partial charge in [-0.05, 0) is 51.1 Å². The van der Waals surface area contributed by atoms with E-state index >= 15 is 0 Å². The number of likely N-dealkylation sites (tertiary alicyclic amines) is 1. The summed E-state index contributed by atoms with van der Waals surface area (Å²) >= 11 is 0. The van der Waals surface area contributed by atoms with Gasteiger partial charge in [0.1, 0.15) is 22.4 Å². The Bertz CT molecular complexity index is 1150. The van der Waals surface area contributed by atoms with Gasteiger partial charge in [0, 0.05) is 11.3 Å². The number of para-hydroxylation sites is 3. The molecule has 154 valence electrons. The Kier molecular flexibility index (Phi) is 5.01. The van der Waals surface area contributed by atoms with Crippen molar-refractivity contribution in [2.45, 2.75) is 32.2 Å². The zero-order valence-corrected chi connectivity index (χ0v) is 17.0. The fraction of sp³-hybridized carbons (Fsp3) is 0.333. The van der Waals surface area contributed by atoms with E-state index in [4.69, 9.17) is 13.6 Å². The maximum Gasteiger partial charge on any atom is 0.342 e. The quantitative estimate of drug-likeness (QED) is 0.430. The van der Waals surface area contributed by atoms with Crippen LogP contribution in [0.4, 0.5) is 0 Å². The highest BCUT2D eigenvalue weighted by Crippen LogP contribution is 2.32. The van der Waals surface area contributed by atoms with E-state index in [-0.39, 0.29) is 5.97 Å². The number of furan rings is 1. The van der Waals surface area contributed by atoms with Gasteiger partial charge in [-0.1, -0.05) is 30.3 Å². The lowest BCUT2D eigenvalue weighted by molar-refractivity contribution is 0.0523. The average molecular weight is 404 g/mol. The minimum Gasteiger partial charge on any atom is -0.462 e. The Morgan fingerprint density at radius 3 is 2.57 bits per heavy atom. The molecule has 4 aromatic rings. The normalized spacial score (nSPS) is 15.8. The summed E-state index contributed by atoms with van der Waals surface area (Å²) in [6.07, 6.45) is 1.92. The Morgan fingerprint density at radius 1 is 1.07 bits per heavy atom. The first-order chi connectivity index (χ1) is 14.7. The second-order valence-corrected chi connectivity index (χ2v) is 7.69. The van der Waals surface area contributed by atoms with E-state index in [1.54, 1.807) is 0 Å². The van der Waals surface area contributed by atoms with E-state index in [2.05, 4.69) is 9.88 Å². The summed E-state index contributed by atoms with van der Waals surface area (Å²) in [4.78, 5) is 19.6. The Labute approximate surface area is 174 Å². The van der Waals surface area contributed by atoms with Crippen molar-refractivity contribution >= 4 is 28.0 Å². The molecule has 0 spiro atoms. The Morgan fingerprint density at radius 2 is 1.80 bits per heavy atom. The van der Waals surface area contributed by atoms with E-state index in [0.717, 1.165) is 53.9 Å². The van der Waals surface area contributed by atoms with Crippen molar-refractivity contribution < 1.29 is 18.4 Å². The molecule has 0 unspecified atom stereocenters. The molecule has 1 saturated heterocycles. The molecule has 0 saturated carbocycles. The highest BCUT2D eigenvalue weighted by Gasteiger charge is 2.28. The van der Waals surface area contributed by atoms with Crippen molar-refractivity contribution in [3.63, 3.8) is 0 Å². The smallest absolute Gasteiger partial charge is 0.342 e. The summed E-state index contributed by atoms with van der Waals surface area (Å²) in [5, 5.41) is 0.812. The predicted molar refractivity (Wildman–Crippen MR) is 113 cm³/mol. The Balaban J connectivity index is 1.32. The molecule has 0 aliphatic carbocycles. The standard InChI is InChI=1S/C24H24N2O4/c1-2-28-24(27)22-17-7-3-5-9-19(17)29-21(22)15-26-13-11-16(12-14-26)23-25-18-8-4-6-10-20(18)30-23/h3-10,16H,2,11-15H2,1H3. The fourth-order valence-electron chi connectivity index (χ4n) is 4.24. The summed E-state index contributed by atoms with van der Waals surface area (Å²) < 4.78 is 17.3. The maximum atomic E-state index is 12.6. The van der Waals surface area contributed by atoms with Crippen molar-refractivity contribution in [1.29, 1.82) is 0 Å². The molecule has 30 heavy (non-hydrogen) atoms. The minimum absolute atomic E-state index is 0.314. The zero-order chi connectivity index (χ0) is 20.5. The number of carbonyl (C=O) groups excluding carboxylic acids is 1. The third kappa shape index (κ3) is 3.48. The number of aromatic nitrogens is 1. The van der Waals surface area contributed by atoms with Crippen LogP contribution in [0, 0.1) is 0 Å². The summed E-state index contributed by atoms with van der Waals surface area (Å²) in [6.45, 7) is 4.53. The molecule has 5 rings (SSSR count). The molecule has 6 heteroatoms. The van der Waals surface area contributed by atoms with Crippen molar-refractivity contribution in [2.24, 2.45) is 0 Å². The number of hydrogen-bond acceptors (Lipinski definition) is 6. The topological polar surface area (TPSA) is 68.7 Å². The molecular weight excluding hydrogens is 380 g/mol. The number of nitrogens with zero attached hydrogens (tertiary/aromatic N) is 2. The SMILES string of the molecule is CCOC(=O)c1c(CN2CCC(c3nc4ccccc4o3)CC2)oc2ccccc12. The number of carbonyl (C=O) groups is 1. The lowest BCUT2D eigenvalue weighted by atomic mass is 9.96. The molecule has 2 aromatic heterocycles. The van der Waals surface area contributed by atoms with Crippen molar-refractivity contribution in [2.75, 3.05) is 19.7 Å². The first-order valence-electron chi connectivity index (χ1n) is 10.5. The molecule has 3 heterocycles. The van der Waals surface area contributed by atoms with Crippen LogP contribution in [0.3, 0.4) is 0 Å². The molecule has 2 aromatic carbocycles. The third-order valence-corrected chi connectivity index (χ3v) is 5.76. The third-order valence-electron chi connectivity index (χ3n) is 5.76. The van der Waals surface area contributed by atoms with Crippen molar-refractivity contribution in [3.8, 4) is 0 Å². The molecule has 0 radical (unpaired) electrons. The van der Waals surface area contributed by atoms with Crippen LogP contribution in [0.5, 0.6) is 0 Å². The zero-order valence-electron chi connectivity index (χ0n) is 17.0. The fourth-order valence-corrected chi connectivity index (χ4v) is 4.24. The van der Waals surface area contributed by atoms with Crippen LogP contribution >= 0.6 is 0 Å². The van der Waals surface area contributed by atoms with Gasteiger partial charge in [0.25, 0.3) is 0 Å². The number of fused-ring (bicyclic) bond motifs is 2. The van der Waals surface area contributed by atoms with Crippen LogP contribution < -0.4 is 0 Å². The van der Waals surface area contributed by atoms with Crippen molar-refractivity contribution in [3.05, 3.63) is 65.7 Å². The molecule has 1 aliphatic rings. The first kappa shape index (κ1) is 18.9. The van der Waals surface area contributed by atoms with Gasteiger partial charge in [0.2, 0.25) is 0 Å². The minimum atomic E-state index is -0.321. The summed E-state index contributed by atoms with van der Waals surface area (Å²) in [5.74, 6) is 1.49. The first-order valence-corrected chi connectivity index (χ1v) is 10.5. The molecule has 0 amide bonds. The average Bonchev–Trinajstić information content (AvgIpc) is 3.35. The predicted octanol–water partition coefficient (Wildman–Crippen LogP) is 5.13. The van der Waals surface area contributed by atoms with Gasteiger partial charge in [-0.15, -0.1) is 0 Å². The highest BCUT2D eigenvalue weighted by molar-refractivity contribution is 6.04. The largest absolute Gasteiger partial charge is 0.462 e. The number of ether oxygens (including phenoxy) is 1. The molecule has 0 bridgehead atoms. The summed E-state index contributed by atoms with van der Waals surface area (Å²) in [7, 11) is 0. The number of rotatable bonds is 5. The van der Waals surface area contributed by atoms with Gasteiger partial charge in [0.05, 0.1) is 13.2 Å². The summed E-state index contributed by atoms with van der Waals surface area (Å²) in [6, 6.07) is 15.5. The van der Waals surface area contributed by atoms with Gasteiger partial charge < -0.3 is 13.6 Å². The maximum absolute atomic E-state index is 12.6. The lowest BCUT2D eigenvalue weighted by Crippen LogP contribution is -2.32. The second-order valence-electron chi connectivity index (χ2n) is 7.69. The van der Waals surface area contributed by atoms with Crippen LogP contribution in [-0.4, -0.2) is 35.5 Å². The van der Waals surface area contributed by atoms with Crippen LogP contribution in [0.25, 0.3) is 22.1 Å². The Hall–Kier alpha value is -3.12. The second kappa shape index (κ2) is 7.95. The van der Waals surface area contributed by atoms with E-state index < -0.39 is 0 Å². The molecule has 1 fully saturated rings. The van der Waals surface area contributed by atoms with E-state index in [1.807, 2.05) is 55.5 Å². The van der Waals surface area contributed by atoms with Gasteiger partial charge in [-0.2, -0.15) is 0 Å². The van der Waals surface area contributed by atoms with Crippen LogP contribution in [0.2, 0.25) is 0 Å². The van der Waals surface area contributed by atoms with Crippen LogP contribution in [-0.2, 0) is 11.3 Å². The number of piperidine rings is 1. The van der Waals surface area contributed by atoms with Gasteiger partial charge in [-0.25, -0.2) is 9.78 Å². The molecule has 6 nitrogen and oxygen atoms in total. The number of esters is 1. The number of benzene rings is 2. The molecule has 0 N–H and O–H groups in total. The highest BCUT2D eigenvalue weighted by atomic mass is 16.5. The van der Waals surface area contributed by atoms with Gasteiger partial charge in [-0.3, -0.25) is 4.90 Å². The summed E-state index contributed by atoms with van der Waals surface area (Å²) in [5.41, 5.74) is 3.03. The number of oxazole rings is 1. The monoisotopic (exact) mass is 404 g/mol. The van der Waals surface area contributed by atoms with Crippen LogP contribution in [0.1, 0.15) is 47.7 Å². The van der Waals surface area contributed by atoms with Crippen molar-refractivity contribution in [1.82, 2.24) is 9.88 Å². The lowest BCUT2D eigenvalue weighted by Gasteiger charge is -2.29. The molecule has 0 atom stereocenters. The van der Waals surface area contributed by atoms with E-state index in [9.17, 15) is 4.79 Å². The van der Waals surface area contributed by atoms with Crippen LogP contribution in [0.15, 0.2) is 57.4 Å². The van der Waals surface area contributed by atoms with Gasteiger partial charge >= 0.3 is 5.97 Å². The molecule has 1 aliphatic heterocycles. The van der Waals surface area contributed by atoms with E-state index in [0.29, 0.717) is 30.4 Å². The van der Waals surface area contributed by atoms with Gasteiger partial charge in [0.15, 0.2) is 11.5 Å². The van der Waals surface area contributed by atoms with E-state index in [1.165, 1.54) is 0 Å². The molecular formula is C24H24N2O4.